The van der Waals surface area contributed by atoms with Gasteiger partial charge < -0.3 is 100 Å². The lowest BCUT2D eigenvalue weighted by Gasteiger charge is -2.50. The summed E-state index contributed by atoms with van der Waals surface area (Å²) >= 11 is 0. The van der Waals surface area contributed by atoms with Crippen LogP contribution in [0.2, 0.25) is 0 Å². The minimum atomic E-state index is -3.08. The number of ether oxygens (including phenoxy) is 6. The number of allylic oxidation sites excluding steroid dienone is 4. The van der Waals surface area contributed by atoms with Crippen LogP contribution < -0.4 is 10.6 Å². The second-order valence-electron chi connectivity index (χ2n) is 32.5. The molecule has 2 amide bonds. The Hall–Kier alpha value is -2.79. The summed E-state index contributed by atoms with van der Waals surface area (Å²) in [6.07, 6.45) is 46.0. The lowest BCUT2D eigenvalue weighted by Crippen LogP contribution is -2.70. The zero-order valence-electron chi connectivity index (χ0n) is 68.9. The zero-order valence-corrected chi connectivity index (χ0v) is 68.9. The van der Waals surface area contributed by atoms with Gasteiger partial charge in [-0.25, -0.2) is 4.79 Å². The molecular formula is C87H162N2O21. The fraction of sp³-hybridized carbons (Fsp3) is 0.920. The number of aliphatic hydroxyl groups excluding tert-OH is 11. The first-order chi connectivity index (χ1) is 53.4. The third-order valence-electron chi connectivity index (χ3n) is 22.7. The number of aliphatic carboxylic acids is 1. The Bertz CT molecular complexity index is 2270. The predicted molar refractivity (Wildman–Crippen MR) is 431 cm³/mol. The number of aliphatic hydroxyl groups is 11. The third-order valence-corrected chi connectivity index (χ3v) is 22.7. The molecule has 3 saturated heterocycles. The molecule has 0 aromatic rings. The lowest BCUT2D eigenvalue weighted by atomic mass is 9.88. The summed E-state index contributed by atoms with van der Waals surface area (Å²) in [7, 11) is 0. The number of rotatable bonds is 72. The van der Waals surface area contributed by atoms with Crippen LogP contribution in [-0.4, -0.2) is 215 Å². The van der Waals surface area contributed by atoms with Crippen LogP contribution in [0.25, 0.3) is 0 Å². The second-order valence-corrected chi connectivity index (χ2v) is 32.5. The van der Waals surface area contributed by atoms with Gasteiger partial charge >= 0.3 is 5.97 Å². The first-order valence-corrected chi connectivity index (χ1v) is 44.7. The van der Waals surface area contributed by atoms with E-state index in [0.717, 1.165) is 64.7 Å². The minimum Gasteiger partial charge on any atom is -0.477 e. The first kappa shape index (κ1) is 101. The molecule has 3 heterocycles. The van der Waals surface area contributed by atoms with E-state index in [1.54, 1.807) is 0 Å². The molecule has 0 radical (unpaired) electrons. The van der Waals surface area contributed by atoms with Crippen LogP contribution in [-0.2, 0) is 42.8 Å². The number of carboxylic acid groups (broad SMARTS) is 1. The van der Waals surface area contributed by atoms with Crippen LogP contribution in [0.3, 0.4) is 0 Å². The highest BCUT2D eigenvalue weighted by molar-refractivity contribution is 5.77. The van der Waals surface area contributed by atoms with Gasteiger partial charge in [0.1, 0.15) is 67.1 Å². The van der Waals surface area contributed by atoms with Crippen LogP contribution >= 0.6 is 0 Å². The Morgan fingerprint density at radius 1 is 0.473 bits per heavy atom. The van der Waals surface area contributed by atoms with E-state index < -0.39 is 148 Å². The van der Waals surface area contributed by atoms with Crippen LogP contribution in [0.5, 0.6) is 0 Å². The molecule has 0 aromatic heterocycles. The maximum Gasteiger partial charge on any atom is 0.364 e. The van der Waals surface area contributed by atoms with E-state index in [-0.39, 0.29) is 18.9 Å². The molecule has 0 aliphatic carbocycles. The van der Waals surface area contributed by atoms with E-state index in [0.29, 0.717) is 19.3 Å². The van der Waals surface area contributed by atoms with Crippen LogP contribution in [0.1, 0.15) is 374 Å². The Morgan fingerprint density at radius 3 is 1.27 bits per heavy atom. The van der Waals surface area contributed by atoms with Crippen molar-refractivity contribution in [3.8, 4) is 0 Å². The molecule has 3 aliphatic heterocycles. The summed E-state index contributed by atoms with van der Waals surface area (Å²) in [4.78, 5) is 38.8. The van der Waals surface area contributed by atoms with E-state index in [9.17, 15) is 75.7 Å². The topological polar surface area (TPSA) is 373 Å². The molecule has 0 bridgehead atoms. The van der Waals surface area contributed by atoms with Crippen molar-refractivity contribution in [2.45, 2.75) is 484 Å². The molecule has 110 heavy (non-hydrogen) atoms. The number of carbonyl (C=O) groups excluding carboxylic acids is 2. The van der Waals surface area contributed by atoms with Gasteiger partial charge in [-0.15, -0.1) is 0 Å². The van der Waals surface area contributed by atoms with E-state index in [1.165, 1.54) is 263 Å². The Balaban J connectivity index is 1.46. The minimum absolute atomic E-state index is 0.225. The van der Waals surface area contributed by atoms with Gasteiger partial charge in [0.2, 0.25) is 11.8 Å². The molecule has 18 unspecified atom stereocenters. The maximum absolute atomic E-state index is 13.6. The van der Waals surface area contributed by atoms with Crippen molar-refractivity contribution in [1.29, 1.82) is 0 Å². The van der Waals surface area contributed by atoms with Gasteiger partial charge in [-0.2, -0.15) is 0 Å². The van der Waals surface area contributed by atoms with Crippen LogP contribution in [0, 0.1) is 0 Å². The van der Waals surface area contributed by atoms with Crippen molar-refractivity contribution in [2.75, 3.05) is 26.4 Å². The molecule has 0 spiro atoms. The normalized spacial score (nSPS) is 25.7. The van der Waals surface area contributed by atoms with Gasteiger partial charge in [0.15, 0.2) is 12.6 Å². The van der Waals surface area contributed by atoms with Crippen LogP contribution in [0.4, 0.5) is 0 Å². The van der Waals surface area contributed by atoms with Gasteiger partial charge in [0, 0.05) is 19.8 Å². The smallest absolute Gasteiger partial charge is 0.364 e. The molecule has 3 rings (SSSR count). The van der Waals surface area contributed by atoms with Crippen molar-refractivity contribution in [2.24, 2.45) is 0 Å². The number of amides is 2. The molecule has 18 atom stereocenters. The largest absolute Gasteiger partial charge is 0.477 e. The summed E-state index contributed by atoms with van der Waals surface area (Å²) in [6.45, 7) is 2.28. The number of unbranched alkanes of at least 4 members (excludes halogenated alkanes) is 48. The van der Waals surface area contributed by atoms with E-state index in [2.05, 4.69) is 48.8 Å². The lowest BCUT2D eigenvalue weighted by molar-refractivity contribution is -0.386. The second kappa shape index (κ2) is 65.3. The van der Waals surface area contributed by atoms with Crippen molar-refractivity contribution in [1.82, 2.24) is 10.6 Å². The van der Waals surface area contributed by atoms with Gasteiger partial charge in [-0.1, -0.05) is 334 Å². The van der Waals surface area contributed by atoms with Crippen molar-refractivity contribution >= 4 is 17.8 Å². The monoisotopic (exact) mass is 1570 g/mol. The highest BCUT2D eigenvalue weighted by Crippen LogP contribution is 2.39. The molecule has 0 aromatic carbocycles. The fourth-order valence-corrected chi connectivity index (χ4v) is 15.6. The van der Waals surface area contributed by atoms with Crippen molar-refractivity contribution in [3.63, 3.8) is 0 Å². The highest BCUT2D eigenvalue weighted by Gasteiger charge is 2.60. The summed E-state index contributed by atoms with van der Waals surface area (Å²) in [5.74, 6) is -6.09. The SMILES string of the molecule is CCCCCCCCCCC/C=C\C/C=C\CCCCCCCCCCCCCCCCCC(=O)NC(COC1OC(CO)C(OC2OC(CO)C(O)C(OC3(C(=O)O)CC(O)C(NC(C)=O)C(C(O)C(O)CO)O3)C2O)C(O)C1O)C(O)CCCCCCCCCCCCCCCCCCCCCCCCCCC. The summed E-state index contributed by atoms with van der Waals surface area (Å²) in [6, 6.07) is -2.53. The quantitative estimate of drug-likeness (QED) is 0.0199. The molecule has 646 valence electrons. The number of hydrogen-bond acceptors (Lipinski definition) is 20. The molecule has 23 heteroatoms. The molecule has 0 saturated carbocycles. The third kappa shape index (κ3) is 44.0. The van der Waals surface area contributed by atoms with Gasteiger partial charge in [0.05, 0.1) is 50.7 Å². The Morgan fingerprint density at radius 2 is 0.873 bits per heavy atom. The molecule has 23 nitrogen and oxygen atoms in total. The van der Waals surface area contributed by atoms with Crippen molar-refractivity contribution in [3.05, 3.63) is 24.3 Å². The van der Waals surface area contributed by atoms with Gasteiger partial charge in [-0.3, -0.25) is 9.59 Å². The van der Waals surface area contributed by atoms with E-state index in [4.69, 9.17) is 28.4 Å². The summed E-state index contributed by atoms with van der Waals surface area (Å²) < 4.78 is 35.1. The van der Waals surface area contributed by atoms with Gasteiger partial charge in [-0.05, 0) is 44.9 Å². The summed E-state index contributed by atoms with van der Waals surface area (Å²) in [5, 5.41) is 137. The van der Waals surface area contributed by atoms with E-state index >= 15 is 0 Å². The molecular weight excluding hydrogens is 1410 g/mol. The van der Waals surface area contributed by atoms with Crippen LogP contribution in [0.15, 0.2) is 24.3 Å². The molecule has 3 fully saturated rings. The van der Waals surface area contributed by atoms with E-state index in [1.807, 2.05) is 0 Å². The predicted octanol–water partition coefficient (Wildman–Crippen LogP) is 13.9. The summed E-state index contributed by atoms with van der Waals surface area (Å²) in [5.41, 5.74) is 0. The fourth-order valence-electron chi connectivity index (χ4n) is 15.6. The number of hydrogen-bond donors (Lipinski definition) is 14. The number of nitrogens with one attached hydrogen (secondary N) is 2. The zero-order chi connectivity index (χ0) is 80.3. The molecule has 3 aliphatic rings. The standard InChI is InChI=1S/C87H162N2O21/c1-4-6-8-10-12-14-16-18-20-22-24-26-28-30-31-32-33-34-35-37-39-41-43-45-47-49-51-53-55-57-59-61-74(97)89-68(69(94)60-58-56-54-52-50-48-46-44-42-40-38-36-29-27-25-23-21-19-17-15-13-11-9-7-5-2)66-105-84-79(101)78(100)81(73(65-92)107-84)108-85-80(102)83(77(99)72(64-91)106-85)110-87(86(103)104)62-70(95)75(88-67(3)93)82(109-87)76(98)71(96)63-90/h24,26,30-31,68-73,75-85,90-92,94-96,98-102H,4-23,25,27-29,32-66H2,1-3H3,(H,88,93)(H,89,97)(H,103,104)/b26-24-,31-30-. The maximum atomic E-state index is 13.6. The number of carbonyl (C=O) groups is 3. The highest BCUT2D eigenvalue weighted by atomic mass is 16.8. The Labute approximate surface area is 664 Å². The average molecular weight is 1570 g/mol. The van der Waals surface area contributed by atoms with Gasteiger partial charge in [0.25, 0.3) is 5.79 Å². The molecule has 14 N–H and O–H groups in total. The first-order valence-electron chi connectivity index (χ1n) is 44.7. The average Bonchev–Trinajstić information content (AvgIpc) is 0.760. The number of carboxylic acids is 1. The van der Waals surface area contributed by atoms with Crippen molar-refractivity contribution < 1.29 is 104 Å². The Kier molecular flexibility index (Phi) is 60.2.